The lowest BCUT2D eigenvalue weighted by atomic mass is 9.87. The number of aliphatic hydroxyl groups is 1. The quantitative estimate of drug-likeness (QED) is 0.847. The highest BCUT2D eigenvalue weighted by Crippen LogP contribution is 2.27. The van der Waals surface area contributed by atoms with Crippen LogP contribution in [0.25, 0.3) is 0 Å². The van der Waals surface area contributed by atoms with Gasteiger partial charge in [-0.3, -0.25) is 4.79 Å². The van der Waals surface area contributed by atoms with E-state index in [2.05, 4.69) is 19.2 Å². The van der Waals surface area contributed by atoms with Crippen molar-refractivity contribution in [1.29, 1.82) is 0 Å². The van der Waals surface area contributed by atoms with Crippen LogP contribution in [0, 0.1) is 11.8 Å². The fourth-order valence-corrected chi connectivity index (χ4v) is 3.34. The Morgan fingerprint density at radius 2 is 2.09 bits per heavy atom. The van der Waals surface area contributed by atoms with Gasteiger partial charge in [0, 0.05) is 19.1 Å². The first-order valence-electron chi connectivity index (χ1n) is 8.56. The predicted octanol–water partition coefficient (Wildman–Crippen LogP) is 2.85. The van der Waals surface area contributed by atoms with E-state index in [9.17, 15) is 9.90 Å². The summed E-state index contributed by atoms with van der Waals surface area (Å²) in [6, 6.07) is 9.32. The summed E-state index contributed by atoms with van der Waals surface area (Å²) >= 11 is 0. The van der Waals surface area contributed by atoms with Crippen LogP contribution in [0.3, 0.4) is 0 Å². The van der Waals surface area contributed by atoms with Crippen molar-refractivity contribution in [3.05, 3.63) is 35.9 Å². The smallest absolute Gasteiger partial charge is 0.223 e. The van der Waals surface area contributed by atoms with Gasteiger partial charge in [0.05, 0.1) is 18.1 Å². The van der Waals surface area contributed by atoms with Gasteiger partial charge in [0.2, 0.25) is 5.91 Å². The van der Waals surface area contributed by atoms with Crippen molar-refractivity contribution < 1.29 is 14.6 Å². The van der Waals surface area contributed by atoms with Crippen LogP contribution < -0.4 is 5.32 Å². The zero-order valence-electron chi connectivity index (χ0n) is 14.4. The van der Waals surface area contributed by atoms with E-state index in [0.29, 0.717) is 18.4 Å². The lowest BCUT2D eigenvalue weighted by Crippen LogP contribution is -2.42. The molecule has 1 heterocycles. The number of benzene rings is 1. The Morgan fingerprint density at radius 3 is 2.74 bits per heavy atom. The number of rotatable bonds is 6. The summed E-state index contributed by atoms with van der Waals surface area (Å²) < 4.78 is 5.85. The van der Waals surface area contributed by atoms with Gasteiger partial charge in [0.1, 0.15) is 0 Å². The van der Waals surface area contributed by atoms with Crippen LogP contribution in [0.4, 0.5) is 0 Å². The molecule has 3 atom stereocenters. The Kier molecular flexibility index (Phi) is 6.19. The second-order valence-electron chi connectivity index (χ2n) is 7.10. The van der Waals surface area contributed by atoms with Crippen molar-refractivity contribution in [2.24, 2.45) is 11.8 Å². The number of nitrogens with one attached hydrogen (secondary N) is 1. The molecule has 1 fully saturated rings. The third-order valence-electron chi connectivity index (χ3n) is 4.61. The molecule has 4 nitrogen and oxygen atoms in total. The highest BCUT2D eigenvalue weighted by atomic mass is 16.5. The highest BCUT2D eigenvalue weighted by Gasteiger charge is 2.30. The topological polar surface area (TPSA) is 58.6 Å². The summed E-state index contributed by atoms with van der Waals surface area (Å²) in [4.78, 5) is 12.2. The second kappa shape index (κ2) is 7.93. The molecule has 0 unspecified atom stereocenters. The summed E-state index contributed by atoms with van der Waals surface area (Å²) in [7, 11) is 0. The number of carbonyl (C=O) groups is 1. The second-order valence-corrected chi connectivity index (χ2v) is 7.10. The Bertz CT molecular complexity index is 499. The van der Waals surface area contributed by atoms with Crippen molar-refractivity contribution in [2.75, 3.05) is 13.2 Å². The van der Waals surface area contributed by atoms with Gasteiger partial charge in [-0.15, -0.1) is 0 Å². The zero-order chi connectivity index (χ0) is 16.9. The Balaban J connectivity index is 1.87. The van der Waals surface area contributed by atoms with Gasteiger partial charge < -0.3 is 15.2 Å². The van der Waals surface area contributed by atoms with Crippen LogP contribution in [-0.2, 0) is 15.1 Å². The molecule has 1 aliphatic heterocycles. The molecule has 0 bridgehead atoms. The molecule has 1 amide bonds. The van der Waals surface area contributed by atoms with Crippen LogP contribution in [-0.4, -0.2) is 30.3 Å². The Labute approximate surface area is 139 Å². The van der Waals surface area contributed by atoms with Gasteiger partial charge in [0.15, 0.2) is 0 Å². The maximum atomic E-state index is 12.2. The largest absolute Gasteiger partial charge is 0.385 e. The summed E-state index contributed by atoms with van der Waals surface area (Å²) in [6.45, 7) is 7.43. The van der Waals surface area contributed by atoms with E-state index in [0.717, 1.165) is 25.0 Å². The third kappa shape index (κ3) is 5.05. The molecule has 0 spiro atoms. The minimum Gasteiger partial charge on any atom is -0.385 e. The van der Waals surface area contributed by atoms with Crippen molar-refractivity contribution in [3.63, 3.8) is 0 Å². The first kappa shape index (κ1) is 18.0. The Hall–Kier alpha value is -1.39. The molecule has 128 valence electrons. The first-order valence-corrected chi connectivity index (χ1v) is 8.56. The van der Waals surface area contributed by atoms with E-state index in [1.165, 1.54) is 0 Å². The molecule has 2 rings (SSSR count). The van der Waals surface area contributed by atoms with Gasteiger partial charge >= 0.3 is 0 Å². The first-order chi connectivity index (χ1) is 10.9. The number of carbonyl (C=O) groups excluding carboxylic acids is 1. The molecule has 1 saturated heterocycles. The third-order valence-corrected chi connectivity index (χ3v) is 4.61. The molecular formula is C19H29NO3. The molecule has 2 N–H and O–H groups in total. The normalized spacial score (nSPS) is 24.2. The van der Waals surface area contributed by atoms with E-state index in [1.807, 2.05) is 30.3 Å². The molecule has 4 heteroatoms. The van der Waals surface area contributed by atoms with Crippen molar-refractivity contribution in [3.8, 4) is 0 Å². The van der Waals surface area contributed by atoms with Crippen LogP contribution in [0.2, 0.25) is 0 Å². The minimum absolute atomic E-state index is 0.0664. The van der Waals surface area contributed by atoms with Gasteiger partial charge in [-0.25, -0.2) is 0 Å². The predicted molar refractivity (Wildman–Crippen MR) is 90.9 cm³/mol. The fourth-order valence-electron chi connectivity index (χ4n) is 3.34. The van der Waals surface area contributed by atoms with Crippen molar-refractivity contribution in [1.82, 2.24) is 5.32 Å². The highest BCUT2D eigenvalue weighted by molar-refractivity contribution is 5.77. The summed E-state index contributed by atoms with van der Waals surface area (Å²) in [5.74, 6) is 0.686. The number of hydrogen-bond donors (Lipinski definition) is 2. The average Bonchev–Trinajstić information content (AvgIpc) is 2.53. The molecule has 0 aliphatic carbocycles. The molecule has 0 saturated carbocycles. The zero-order valence-corrected chi connectivity index (χ0v) is 14.4. The lowest BCUT2D eigenvalue weighted by molar-refractivity contribution is -0.126. The standard InChI is InChI=1S/C19H29NO3/c1-14(2)18-15(8-7-11-23-18)13-20-17(21)12-19(3,22)16-9-5-4-6-10-16/h4-6,9-10,14-15,18,22H,7-8,11-13H2,1-3H3,(H,20,21)/t15-,18-,19+/m0/s1. The fraction of sp³-hybridized carbons (Fsp3) is 0.632. The maximum Gasteiger partial charge on any atom is 0.223 e. The van der Waals surface area contributed by atoms with Crippen LogP contribution in [0.1, 0.15) is 45.6 Å². The molecule has 1 aliphatic rings. The van der Waals surface area contributed by atoms with E-state index in [1.54, 1.807) is 6.92 Å². The summed E-state index contributed by atoms with van der Waals surface area (Å²) in [5, 5.41) is 13.5. The van der Waals surface area contributed by atoms with Gasteiger partial charge in [0.25, 0.3) is 0 Å². The molecular weight excluding hydrogens is 290 g/mol. The Morgan fingerprint density at radius 1 is 1.39 bits per heavy atom. The monoisotopic (exact) mass is 319 g/mol. The van der Waals surface area contributed by atoms with Gasteiger partial charge in [-0.2, -0.15) is 0 Å². The lowest BCUT2D eigenvalue weighted by Gasteiger charge is -2.34. The van der Waals surface area contributed by atoms with E-state index >= 15 is 0 Å². The molecule has 0 aromatic heterocycles. The SMILES string of the molecule is CC(C)[C@@H]1OCCC[C@H]1CNC(=O)C[C@@](C)(O)c1ccccc1. The maximum absolute atomic E-state index is 12.2. The minimum atomic E-state index is -1.15. The van der Waals surface area contributed by atoms with Crippen LogP contribution >= 0.6 is 0 Å². The van der Waals surface area contributed by atoms with Gasteiger partial charge in [-0.05, 0) is 31.2 Å². The van der Waals surface area contributed by atoms with E-state index in [4.69, 9.17) is 4.74 Å². The number of ether oxygens (including phenoxy) is 1. The molecule has 1 aromatic carbocycles. The summed E-state index contributed by atoms with van der Waals surface area (Å²) in [6.07, 6.45) is 2.40. The van der Waals surface area contributed by atoms with Crippen LogP contribution in [0.15, 0.2) is 30.3 Å². The van der Waals surface area contributed by atoms with Crippen molar-refractivity contribution >= 4 is 5.91 Å². The summed E-state index contributed by atoms with van der Waals surface area (Å²) in [5.41, 5.74) is -0.387. The number of hydrogen-bond acceptors (Lipinski definition) is 3. The van der Waals surface area contributed by atoms with Crippen molar-refractivity contribution in [2.45, 2.75) is 51.7 Å². The molecule has 23 heavy (non-hydrogen) atoms. The molecule has 0 radical (unpaired) electrons. The van der Waals surface area contributed by atoms with E-state index < -0.39 is 5.60 Å². The molecule has 1 aromatic rings. The average molecular weight is 319 g/mol. The van der Waals surface area contributed by atoms with Gasteiger partial charge in [-0.1, -0.05) is 44.2 Å². The number of amides is 1. The van der Waals surface area contributed by atoms with Crippen LogP contribution in [0.5, 0.6) is 0 Å². The van der Waals surface area contributed by atoms with E-state index in [-0.39, 0.29) is 18.4 Å².